The van der Waals surface area contributed by atoms with E-state index < -0.39 is 0 Å². The molecule has 0 amide bonds. The summed E-state index contributed by atoms with van der Waals surface area (Å²) < 4.78 is 1.24. The molecule has 1 aromatic heterocycles. The molecule has 0 saturated carbocycles. The minimum absolute atomic E-state index is 0.220. The summed E-state index contributed by atoms with van der Waals surface area (Å²) in [7, 11) is 0. The van der Waals surface area contributed by atoms with Crippen LogP contribution in [0.4, 0.5) is 5.82 Å². The molecule has 0 bridgehead atoms. The molecule has 0 radical (unpaired) electrons. The van der Waals surface area contributed by atoms with Crippen molar-refractivity contribution in [1.82, 2.24) is 8.96 Å². The molecule has 1 aromatic rings. The SMILES string of the molecule is CCCCc1nc(N)cc(=O)n1S. The van der Waals surface area contributed by atoms with Crippen LogP contribution in [-0.4, -0.2) is 8.96 Å². The Morgan fingerprint density at radius 1 is 1.69 bits per heavy atom. The van der Waals surface area contributed by atoms with Crippen molar-refractivity contribution in [3.63, 3.8) is 0 Å². The normalized spacial score (nSPS) is 10.3. The van der Waals surface area contributed by atoms with Gasteiger partial charge in [0.05, 0.1) is 0 Å². The third kappa shape index (κ3) is 2.48. The maximum atomic E-state index is 11.2. The van der Waals surface area contributed by atoms with E-state index in [4.69, 9.17) is 5.73 Å². The first kappa shape index (κ1) is 10.1. The highest BCUT2D eigenvalue weighted by Crippen LogP contribution is 2.03. The number of thiol groups is 1. The van der Waals surface area contributed by atoms with E-state index in [0.29, 0.717) is 5.82 Å². The fourth-order valence-corrected chi connectivity index (χ4v) is 1.24. The zero-order valence-electron chi connectivity index (χ0n) is 7.53. The molecule has 0 unspecified atom stereocenters. The van der Waals surface area contributed by atoms with Crippen molar-refractivity contribution < 1.29 is 0 Å². The van der Waals surface area contributed by atoms with Gasteiger partial charge in [0, 0.05) is 12.5 Å². The molecule has 0 atom stereocenters. The van der Waals surface area contributed by atoms with E-state index in [1.165, 1.54) is 10.0 Å². The van der Waals surface area contributed by atoms with Gasteiger partial charge in [-0.05, 0) is 6.42 Å². The van der Waals surface area contributed by atoms with Crippen molar-refractivity contribution in [3.8, 4) is 0 Å². The van der Waals surface area contributed by atoms with Crippen molar-refractivity contribution in [2.24, 2.45) is 0 Å². The molecule has 0 aliphatic heterocycles. The molecule has 0 aliphatic rings. The van der Waals surface area contributed by atoms with Crippen LogP contribution in [0.3, 0.4) is 0 Å². The highest BCUT2D eigenvalue weighted by molar-refractivity contribution is 7.78. The number of unbranched alkanes of at least 4 members (excludes halogenated alkanes) is 1. The summed E-state index contributed by atoms with van der Waals surface area (Å²) >= 11 is 4.02. The van der Waals surface area contributed by atoms with E-state index in [9.17, 15) is 4.79 Å². The molecule has 13 heavy (non-hydrogen) atoms. The zero-order valence-corrected chi connectivity index (χ0v) is 8.42. The third-order valence-corrected chi connectivity index (χ3v) is 2.16. The van der Waals surface area contributed by atoms with E-state index >= 15 is 0 Å². The van der Waals surface area contributed by atoms with Crippen molar-refractivity contribution in [2.45, 2.75) is 26.2 Å². The molecule has 5 heteroatoms. The zero-order chi connectivity index (χ0) is 9.84. The Kier molecular flexibility index (Phi) is 3.36. The lowest BCUT2D eigenvalue weighted by Crippen LogP contribution is -2.19. The van der Waals surface area contributed by atoms with Gasteiger partial charge in [-0.15, -0.1) is 0 Å². The summed E-state index contributed by atoms with van der Waals surface area (Å²) in [5, 5.41) is 0. The predicted octanol–water partition coefficient (Wildman–Crippen LogP) is 0.861. The number of aryl methyl sites for hydroxylation is 1. The van der Waals surface area contributed by atoms with Gasteiger partial charge >= 0.3 is 0 Å². The molecule has 0 spiro atoms. The van der Waals surface area contributed by atoms with Crippen LogP contribution in [-0.2, 0) is 6.42 Å². The molecule has 1 rings (SSSR count). The standard InChI is InChI=1S/C8H13N3OS/c1-2-3-4-7-10-6(9)5-8(12)11(7)13/h5,13H,2-4,9H2,1H3. The molecular weight excluding hydrogens is 186 g/mol. The van der Waals surface area contributed by atoms with Gasteiger partial charge in [-0.25, -0.2) is 8.96 Å². The van der Waals surface area contributed by atoms with Crippen LogP contribution in [0, 0.1) is 0 Å². The number of hydrogen-bond acceptors (Lipinski definition) is 4. The lowest BCUT2D eigenvalue weighted by atomic mass is 10.2. The fourth-order valence-electron chi connectivity index (χ4n) is 1.04. The minimum atomic E-state index is -0.220. The van der Waals surface area contributed by atoms with Gasteiger partial charge in [0.15, 0.2) is 0 Å². The summed E-state index contributed by atoms with van der Waals surface area (Å²) in [5.41, 5.74) is 5.22. The smallest absolute Gasteiger partial charge is 0.265 e. The van der Waals surface area contributed by atoms with Crippen molar-refractivity contribution in [3.05, 3.63) is 22.2 Å². The number of rotatable bonds is 3. The van der Waals surface area contributed by atoms with Crippen LogP contribution in [0.5, 0.6) is 0 Å². The Bertz CT molecular complexity index is 348. The summed E-state index contributed by atoms with van der Waals surface area (Å²) in [6, 6.07) is 1.27. The fraction of sp³-hybridized carbons (Fsp3) is 0.500. The maximum absolute atomic E-state index is 11.2. The molecule has 0 aromatic carbocycles. The van der Waals surface area contributed by atoms with E-state index in [2.05, 4.69) is 24.7 Å². The first-order valence-corrected chi connectivity index (χ1v) is 4.63. The maximum Gasteiger partial charge on any atom is 0.265 e. The van der Waals surface area contributed by atoms with Gasteiger partial charge in [-0.3, -0.25) is 4.79 Å². The monoisotopic (exact) mass is 199 g/mol. The Morgan fingerprint density at radius 3 is 3.00 bits per heavy atom. The molecule has 72 valence electrons. The second-order valence-corrected chi connectivity index (χ2v) is 3.25. The van der Waals surface area contributed by atoms with Crippen LogP contribution in [0.2, 0.25) is 0 Å². The van der Waals surface area contributed by atoms with Gasteiger partial charge in [0.2, 0.25) is 0 Å². The predicted molar refractivity (Wildman–Crippen MR) is 55.9 cm³/mol. The van der Waals surface area contributed by atoms with Crippen molar-refractivity contribution in [1.29, 1.82) is 0 Å². The first-order valence-electron chi connectivity index (χ1n) is 4.23. The lowest BCUT2D eigenvalue weighted by Gasteiger charge is -2.05. The molecule has 4 nitrogen and oxygen atoms in total. The largest absolute Gasteiger partial charge is 0.383 e. The summed E-state index contributed by atoms with van der Waals surface area (Å²) in [6.07, 6.45) is 2.77. The molecule has 0 saturated heterocycles. The summed E-state index contributed by atoms with van der Waals surface area (Å²) in [4.78, 5) is 15.2. The molecule has 2 N–H and O–H groups in total. The van der Waals surface area contributed by atoms with Crippen LogP contribution in [0.1, 0.15) is 25.6 Å². The van der Waals surface area contributed by atoms with Crippen LogP contribution in [0.25, 0.3) is 0 Å². The van der Waals surface area contributed by atoms with Crippen LogP contribution < -0.4 is 11.3 Å². The van der Waals surface area contributed by atoms with Gasteiger partial charge in [-0.1, -0.05) is 26.2 Å². The average molecular weight is 199 g/mol. The lowest BCUT2D eigenvalue weighted by molar-refractivity contribution is 0.740. The number of nitrogens with two attached hydrogens (primary N) is 1. The molecule has 1 heterocycles. The highest BCUT2D eigenvalue weighted by atomic mass is 32.1. The Balaban J connectivity index is 2.99. The Morgan fingerprint density at radius 2 is 2.38 bits per heavy atom. The van der Waals surface area contributed by atoms with Crippen LogP contribution in [0.15, 0.2) is 10.9 Å². The number of aromatic nitrogens is 2. The number of nitrogens with zero attached hydrogens (tertiary/aromatic N) is 2. The van der Waals surface area contributed by atoms with Gasteiger partial charge in [0.25, 0.3) is 5.56 Å². The van der Waals surface area contributed by atoms with E-state index in [0.717, 1.165) is 19.3 Å². The number of hydrogen-bond donors (Lipinski definition) is 2. The Hall–Kier alpha value is -0.970. The van der Waals surface area contributed by atoms with E-state index in [-0.39, 0.29) is 11.4 Å². The highest BCUT2D eigenvalue weighted by Gasteiger charge is 2.03. The van der Waals surface area contributed by atoms with E-state index in [1.54, 1.807) is 0 Å². The second-order valence-electron chi connectivity index (χ2n) is 2.85. The van der Waals surface area contributed by atoms with E-state index in [1.807, 2.05) is 0 Å². The van der Waals surface area contributed by atoms with Gasteiger partial charge in [-0.2, -0.15) is 0 Å². The molecular formula is C8H13N3OS. The van der Waals surface area contributed by atoms with Gasteiger partial charge in [0.1, 0.15) is 11.6 Å². The minimum Gasteiger partial charge on any atom is -0.383 e. The summed E-state index contributed by atoms with van der Waals surface area (Å²) in [5.74, 6) is 0.900. The third-order valence-electron chi connectivity index (χ3n) is 1.74. The number of nitrogen functional groups attached to an aromatic ring is 1. The van der Waals surface area contributed by atoms with Crippen molar-refractivity contribution >= 4 is 18.6 Å². The second kappa shape index (κ2) is 4.32. The van der Waals surface area contributed by atoms with Crippen LogP contribution >= 0.6 is 12.8 Å². The number of anilines is 1. The Labute approximate surface area is 82.3 Å². The summed E-state index contributed by atoms with van der Waals surface area (Å²) in [6.45, 7) is 2.08. The molecule has 0 fully saturated rings. The molecule has 0 aliphatic carbocycles. The quantitative estimate of drug-likeness (QED) is 0.710. The average Bonchev–Trinajstić information content (AvgIpc) is 2.09. The topological polar surface area (TPSA) is 60.9 Å². The first-order chi connectivity index (χ1) is 6.15. The van der Waals surface area contributed by atoms with Crippen molar-refractivity contribution in [2.75, 3.05) is 5.73 Å². The van der Waals surface area contributed by atoms with Gasteiger partial charge < -0.3 is 5.73 Å².